The first-order valence-electron chi connectivity index (χ1n) is 6.13. The topological polar surface area (TPSA) is 108 Å². The molecule has 0 saturated carbocycles. The Morgan fingerprint density at radius 2 is 2.11 bits per heavy atom. The van der Waals surface area contributed by atoms with Gasteiger partial charge in [0.1, 0.15) is 5.54 Å². The summed E-state index contributed by atoms with van der Waals surface area (Å²) in [6, 6.07) is -0.570. The number of carbonyl (C=O) groups excluding carboxylic acids is 2. The Morgan fingerprint density at radius 3 is 2.63 bits per heavy atom. The van der Waals surface area contributed by atoms with Gasteiger partial charge < -0.3 is 5.32 Å². The molecular formula is C10H18N4O4S. The van der Waals surface area contributed by atoms with Crippen molar-refractivity contribution in [3.05, 3.63) is 0 Å². The number of carbonyl (C=O) groups is 2. The number of amides is 3. The van der Waals surface area contributed by atoms with Crippen LogP contribution in [0.15, 0.2) is 0 Å². The van der Waals surface area contributed by atoms with E-state index in [1.807, 2.05) is 13.8 Å². The van der Waals surface area contributed by atoms with Crippen molar-refractivity contribution < 1.29 is 18.0 Å². The van der Waals surface area contributed by atoms with Crippen LogP contribution in [0.25, 0.3) is 0 Å². The number of hydrogen-bond donors (Lipinski definition) is 3. The molecule has 1 spiro atoms. The first-order chi connectivity index (χ1) is 8.75. The summed E-state index contributed by atoms with van der Waals surface area (Å²) in [5, 5.41) is 4.65. The summed E-state index contributed by atoms with van der Waals surface area (Å²) in [7, 11) is -3.61. The van der Waals surface area contributed by atoms with Crippen LogP contribution in [0.3, 0.4) is 0 Å². The van der Waals surface area contributed by atoms with Crippen LogP contribution >= 0.6 is 0 Å². The van der Waals surface area contributed by atoms with Gasteiger partial charge in [0.05, 0.1) is 0 Å². The number of urea groups is 1. The lowest BCUT2D eigenvalue weighted by Gasteiger charge is -2.21. The predicted octanol–water partition coefficient (Wildman–Crippen LogP) is -1.24. The maximum absolute atomic E-state index is 12.0. The van der Waals surface area contributed by atoms with E-state index in [4.69, 9.17) is 0 Å². The van der Waals surface area contributed by atoms with E-state index in [0.717, 1.165) is 0 Å². The molecule has 108 valence electrons. The molecule has 1 atom stereocenters. The van der Waals surface area contributed by atoms with Crippen LogP contribution in [-0.4, -0.2) is 49.8 Å². The van der Waals surface area contributed by atoms with Gasteiger partial charge in [-0.1, -0.05) is 13.8 Å². The third-order valence-corrected chi connectivity index (χ3v) is 4.79. The minimum atomic E-state index is -3.61. The summed E-state index contributed by atoms with van der Waals surface area (Å²) in [6.45, 7) is 4.32. The lowest BCUT2D eigenvalue weighted by atomic mass is 10.00. The van der Waals surface area contributed by atoms with E-state index < -0.39 is 27.7 Å². The van der Waals surface area contributed by atoms with Crippen molar-refractivity contribution in [2.24, 2.45) is 5.92 Å². The number of imide groups is 1. The molecule has 8 nitrogen and oxygen atoms in total. The lowest BCUT2D eigenvalue weighted by Crippen LogP contribution is -2.51. The van der Waals surface area contributed by atoms with Crippen molar-refractivity contribution in [3.8, 4) is 0 Å². The van der Waals surface area contributed by atoms with E-state index in [-0.39, 0.29) is 25.4 Å². The summed E-state index contributed by atoms with van der Waals surface area (Å²) in [5.41, 5.74) is -1.11. The summed E-state index contributed by atoms with van der Waals surface area (Å²) in [4.78, 5) is 22.9. The Morgan fingerprint density at radius 1 is 1.42 bits per heavy atom. The summed E-state index contributed by atoms with van der Waals surface area (Å²) in [5.74, 6) is -0.264. The molecule has 0 aliphatic carbocycles. The molecule has 2 aliphatic heterocycles. The van der Waals surface area contributed by atoms with Crippen molar-refractivity contribution in [3.63, 3.8) is 0 Å². The van der Waals surface area contributed by atoms with Gasteiger partial charge in [0.25, 0.3) is 16.1 Å². The highest BCUT2D eigenvalue weighted by Crippen LogP contribution is 2.26. The van der Waals surface area contributed by atoms with Crippen molar-refractivity contribution >= 4 is 22.1 Å². The Labute approximate surface area is 112 Å². The molecule has 0 radical (unpaired) electrons. The zero-order valence-corrected chi connectivity index (χ0v) is 11.7. The van der Waals surface area contributed by atoms with E-state index in [9.17, 15) is 18.0 Å². The number of nitrogens with one attached hydrogen (secondary N) is 3. The molecule has 2 saturated heterocycles. The quantitative estimate of drug-likeness (QED) is 0.563. The molecule has 0 aromatic heterocycles. The molecule has 0 aromatic carbocycles. The summed E-state index contributed by atoms with van der Waals surface area (Å²) >= 11 is 0. The maximum atomic E-state index is 12.0. The van der Waals surface area contributed by atoms with Gasteiger partial charge in [-0.3, -0.25) is 10.1 Å². The third-order valence-electron chi connectivity index (χ3n) is 3.26. The first-order valence-corrected chi connectivity index (χ1v) is 7.57. The lowest BCUT2D eigenvalue weighted by molar-refractivity contribution is -0.123. The minimum Gasteiger partial charge on any atom is -0.322 e. The fraction of sp³-hybridized carbons (Fsp3) is 0.800. The Bertz CT molecular complexity index is 504. The number of rotatable bonds is 4. The van der Waals surface area contributed by atoms with Crippen LogP contribution in [0.2, 0.25) is 0 Å². The first kappa shape index (κ1) is 14.2. The fourth-order valence-electron chi connectivity index (χ4n) is 2.16. The molecule has 2 rings (SSSR count). The standard InChI is InChI=1S/C10H18N4O4S/c1-7(2)5-11-19(17,18)14-4-3-10(6-14)8(15)12-9(16)13-10/h7,11H,3-6H2,1-2H3,(H2,12,13,15,16). The molecule has 1 unspecified atom stereocenters. The minimum absolute atomic E-state index is 0.0298. The Balaban J connectivity index is 2.06. The normalized spacial score (nSPS) is 28.2. The monoisotopic (exact) mass is 290 g/mol. The van der Waals surface area contributed by atoms with E-state index in [0.29, 0.717) is 6.54 Å². The average molecular weight is 290 g/mol. The molecule has 3 amide bonds. The average Bonchev–Trinajstić information content (AvgIpc) is 2.83. The second-order valence-corrected chi connectivity index (χ2v) is 7.08. The number of nitrogens with zero attached hydrogens (tertiary/aromatic N) is 1. The van der Waals surface area contributed by atoms with Gasteiger partial charge in [0.15, 0.2) is 0 Å². The zero-order chi connectivity index (χ0) is 14.3. The van der Waals surface area contributed by atoms with Gasteiger partial charge in [-0.05, 0) is 12.3 Å². The van der Waals surface area contributed by atoms with Crippen molar-refractivity contribution in [1.82, 2.24) is 19.7 Å². The van der Waals surface area contributed by atoms with Crippen LogP contribution in [0, 0.1) is 5.92 Å². The summed E-state index contributed by atoms with van der Waals surface area (Å²) < 4.78 is 27.8. The highest BCUT2D eigenvalue weighted by atomic mass is 32.2. The molecule has 0 bridgehead atoms. The van der Waals surface area contributed by atoms with Crippen molar-refractivity contribution in [2.75, 3.05) is 19.6 Å². The van der Waals surface area contributed by atoms with Crippen molar-refractivity contribution in [2.45, 2.75) is 25.8 Å². The van der Waals surface area contributed by atoms with Gasteiger partial charge in [-0.15, -0.1) is 0 Å². The maximum Gasteiger partial charge on any atom is 0.322 e. The second-order valence-electron chi connectivity index (χ2n) is 5.32. The van der Waals surface area contributed by atoms with E-state index in [1.54, 1.807) is 0 Å². The third kappa shape index (κ3) is 2.72. The molecule has 2 aliphatic rings. The van der Waals surface area contributed by atoms with E-state index >= 15 is 0 Å². The van der Waals surface area contributed by atoms with Gasteiger partial charge in [-0.2, -0.15) is 12.7 Å². The van der Waals surface area contributed by atoms with E-state index in [1.165, 1.54) is 4.31 Å². The van der Waals surface area contributed by atoms with Gasteiger partial charge in [-0.25, -0.2) is 9.52 Å². The molecular weight excluding hydrogens is 272 g/mol. The van der Waals surface area contributed by atoms with Gasteiger partial charge >= 0.3 is 6.03 Å². The highest BCUT2D eigenvalue weighted by Gasteiger charge is 2.52. The van der Waals surface area contributed by atoms with Crippen LogP contribution in [0.1, 0.15) is 20.3 Å². The molecule has 19 heavy (non-hydrogen) atoms. The predicted molar refractivity (Wildman–Crippen MR) is 67.4 cm³/mol. The largest absolute Gasteiger partial charge is 0.322 e. The Hall–Kier alpha value is -1.19. The smallest absolute Gasteiger partial charge is 0.322 e. The molecule has 0 aromatic rings. The molecule has 9 heteroatoms. The van der Waals surface area contributed by atoms with Crippen LogP contribution < -0.4 is 15.4 Å². The second kappa shape index (κ2) is 4.73. The molecule has 2 heterocycles. The number of hydrogen-bond acceptors (Lipinski definition) is 4. The summed E-state index contributed by atoms with van der Waals surface area (Å²) in [6.07, 6.45) is 0.285. The van der Waals surface area contributed by atoms with E-state index in [2.05, 4.69) is 15.4 Å². The van der Waals surface area contributed by atoms with Crippen molar-refractivity contribution in [1.29, 1.82) is 0 Å². The SMILES string of the molecule is CC(C)CNS(=O)(=O)N1CCC2(C1)NC(=O)NC2=O. The highest BCUT2D eigenvalue weighted by molar-refractivity contribution is 7.87. The zero-order valence-electron chi connectivity index (χ0n) is 10.9. The molecule has 2 fully saturated rings. The van der Waals surface area contributed by atoms with Gasteiger partial charge in [0.2, 0.25) is 0 Å². The molecule has 3 N–H and O–H groups in total. The van der Waals surface area contributed by atoms with Crippen LogP contribution in [-0.2, 0) is 15.0 Å². The van der Waals surface area contributed by atoms with Gasteiger partial charge in [0, 0.05) is 19.6 Å². The Kier molecular flexibility index (Phi) is 3.54. The van der Waals surface area contributed by atoms with Crippen LogP contribution in [0.4, 0.5) is 4.79 Å². The van der Waals surface area contributed by atoms with Crippen LogP contribution in [0.5, 0.6) is 0 Å². The fourth-order valence-corrected chi connectivity index (χ4v) is 3.61.